The standard InChI is InChI=1S/C12H25N3/c1-11-5-2-3-8-15(11)12-9-14(10-12)7-4-6-13/h11-12H,2-10,13H2,1H3. The number of hydrogen-bond acceptors (Lipinski definition) is 3. The van der Waals surface area contributed by atoms with Crippen LogP contribution in [0.2, 0.25) is 0 Å². The Balaban J connectivity index is 1.69. The van der Waals surface area contributed by atoms with Crippen molar-refractivity contribution in [2.75, 3.05) is 32.7 Å². The number of nitrogens with zero attached hydrogens (tertiary/aromatic N) is 2. The van der Waals surface area contributed by atoms with Gasteiger partial charge in [0.1, 0.15) is 0 Å². The molecule has 88 valence electrons. The molecule has 1 unspecified atom stereocenters. The average molecular weight is 211 g/mol. The Kier molecular flexibility index (Phi) is 4.00. The van der Waals surface area contributed by atoms with E-state index in [1.54, 1.807) is 0 Å². The molecule has 0 aromatic heterocycles. The van der Waals surface area contributed by atoms with Gasteiger partial charge >= 0.3 is 0 Å². The molecule has 0 radical (unpaired) electrons. The van der Waals surface area contributed by atoms with E-state index >= 15 is 0 Å². The van der Waals surface area contributed by atoms with E-state index in [1.165, 1.54) is 45.4 Å². The number of rotatable bonds is 4. The van der Waals surface area contributed by atoms with E-state index in [1.807, 2.05) is 0 Å². The summed E-state index contributed by atoms with van der Waals surface area (Å²) in [7, 11) is 0. The summed E-state index contributed by atoms with van der Waals surface area (Å²) in [6.45, 7) is 8.32. The van der Waals surface area contributed by atoms with Crippen molar-refractivity contribution in [1.82, 2.24) is 9.80 Å². The Hall–Kier alpha value is -0.120. The third kappa shape index (κ3) is 2.71. The van der Waals surface area contributed by atoms with Crippen LogP contribution in [-0.2, 0) is 0 Å². The lowest BCUT2D eigenvalue weighted by Crippen LogP contribution is -2.62. The van der Waals surface area contributed by atoms with Crippen molar-refractivity contribution < 1.29 is 0 Å². The number of piperidine rings is 1. The normalized spacial score (nSPS) is 30.4. The van der Waals surface area contributed by atoms with Crippen LogP contribution in [0.3, 0.4) is 0 Å². The Labute approximate surface area is 93.6 Å². The molecule has 2 heterocycles. The van der Waals surface area contributed by atoms with E-state index in [4.69, 9.17) is 5.73 Å². The largest absolute Gasteiger partial charge is 0.330 e. The zero-order valence-electron chi connectivity index (χ0n) is 9.99. The van der Waals surface area contributed by atoms with Crippen LogP contribution >= 0.6 is 0 Å². The second-order valence-electron chi connectivity index (χ2n) is 5.14. The maximum atomic E-state index is 5.52. The van der Waals surface area contributed by atoms with E-state index in [2.05, 4.69) is 16.7 Å². The molecule has 2 rings (SSSR count). The second kappa shape index (κ2) is 5.28. The van der Waals surface area contributed by atoms with Crippen LogP contribution < -0.4 is 5.73 Å². The quantitative estimate of drug-likeness (QED) is 0.750. The molecule has 0 amide bonds. The van der Waals surface area contributed by atoms with Crippen LogP contribution in [-0.4, -0.2) is 54.6 Å². The Morgan fingerprint density at radius 2 is 2.07 bits per heavy atom. The molecule has 15 heavy (non-hydrogen) atoms. The fourth-order valence-electron chi connectivity index (χ4n) is 2.91. The highest BCUT2D eigenvalue weighted by atomic mass is 15.3. The van der Waals surface area contributed by atoms with Gasteiger partial charge < -0.3 is 10.6 Å². The summed E-state index contributed by atoms with van der Waals surface area (Å²) in [5, 5.41) is 0. The zero-order valence-corrected chi connectivity index (χ0v) is 9.99. The molecule has 2 aliphatic rings. The molecule has 2 aliphatic heterocycles. The molecule has 0 spiro atoms. The highest BCUT2D eigenvalue weighted by Crippen LogP contribution is 2.24. The minimum atomic E-state index is 0.820. The molecular formula is C12H25N3. The van der Waals surface area contributed by atoms with Gasteiger partial charge in [0.2, 0.25) is 0 Å². The van der Waals surface area contributed by atoms with Gasteiger partial charge in [-0.3, -0.25) is 4.90 Å². The molecule has 0 bridgehead atoms. The summed E-state index contributed by atoms with van der Waals surface area (Å²) in [6.07, 6.45) is 5.40. The van der Waals surface area contributed by atoms with Gasteiger partial charge in [-0.1, -0.05) is 6.42 Å². The van der Waals surface area contributed by atoms with Gasteiger partial charge in [-0.15, -0.1) is 0 Å². The fraction of sp³-hybridized carbons (Fsp3) is 1.00. The summed E-state index contributed by atoms with van der Waals surface area (Å²) in [4.78, 5) is 5.27. The lowest BCUT2D eigenvalue weighted by atomic mass is 9.97. The van der Waals surface area contributed by atoms with Crippen LogP contribution in [0.5, 0.6) is 0 Å². The molecule has 2 N–H and O–H groups in total. The zero-order chi connectivity index (χ0) is 10.7. The van der Waals surface area contributed by atoms with Gasteiger partial charge in [-0.05, 0) is 45.8 Å². The van der Waals surface area contributed by atoms with Gasteiger partial charge in [-0.2, -0.15) is 0 Å². The first-order valence-corrected chi connectivity index (χ1v) is 6.49. The number of hydrogen-bond donors (Lipinski definition) is 1. The van der Waals surface area contributed by atoms with Gasteiger partial charge in [0.15, 0.2) is 0 Å². The second-order valence-corrected chi connectivity index (χ2v) is 5.14. The first-order chi connectivity index (χ1) is 7.31. The van der Waals surface area contributed by atoms with E-state index < -0.39 is 0 Å². The van der Waals surface area contributed by atoms with E-state index in [0.29, 0.717) is 0 Å². The Morgan fingerprint density at radius 3 is 2.73 bits per heavy atom. The Morgan fingerprint density at radius 1 is 1.27 bits per heavy atom. The summed E-state index contributed by atoms with van der Waals surface area (Å²) >= 11 is 0. The SMILES string of the molecule is CC1CCCCN1C1CN(CCCN)C1. The van der Waals surface area contributed by atoms with E-state index in [0.717, 1.165) is 25.0 Å². The summed E-state index contributed by atoms with van der Waals surface area (Å²) in [5.74, 6) is 0. The van der Waals surface area contributed by atoms with Gasteiger partial charge in [0.05, 0.1) is 0 Å². The van der Waals surface area contributed by atoms with Crippen molar-refractivity contribution in [3.05, 3.63) is 0 Å². The van der Waals surface area contributed by atoms with Gasteiger partial charge in [0.25, 0.3) is 0 Å². The molecule has 2 fully saturated rings. The average Bonchev–Trinajstić information content (AvgIpc) is 2.18. The first-order valence-electron chi connectivity index (χ1n) is 6.49. The molecule has 3 heteroatoms. The maximum absolute atomic E-state index is 5.52. The third-order valence-corrected chi connectivity index (χ3v) is 3.94. The lowest BCUT2D eigenvalue weighted by molar-refractivity contribution is -0.00219. The molecule has 0 saturated carbocycles. The van der Waals surface area contributed by atoms with Crippen molar-refractivity contribution in [1.29, 1.82) is 0 Å². The van der Waals surface area contributed by atoms with E-state index in [9.17, 15) is 0 Å². The lowest BCUT2D eigenvalue weighted by Gasteiger charge is -2.49. The number of likely N-dealkylation sites (tertiary alicyclic amines) is 2. The first kappa shape index (κ1) is 11.4. The minimum Gasteiger partial charge on any atom is -0.330 e. The summed E-state index contributed by atoms with van der Waals surface area (Å²) < 4.78 is 0. The monoisotopic (exact) mass is 211 g/mol. The molecule has 3 nitrogen and oxygen atoms in total. The van der Waals surface area contributed by atoms with Crippen molar-refractivity contribution in [3.63, 3.8) is 0 Å². The molecule has 0 aromatic carbocycles. The van der Waals surface area contributed by atoms with Crippen LogP contribution in [0.15, 0.2) is 0 Å². The van der Waals surface area contributed by atoms with Crippen LogP contribution in [0.4, 0.5) is 0 Å². The predicted octanol–water partition coefficient (Wildman–Crippen LogP) is 0.894. The van der Waals surface area contributed by atoms with Crippen LogP contribution in [0.25, 0.3) is 0 Å². The van der Waals surface area contributed by atoms with Gasteiger partial charge in [-0.25, -0.2) is 0 Å². The van der Waals surface area contributed by atoms with Crippen LogP contribution in [0.1, 0.15) is 32.6 Å². The highest BCUT2D eigenvalue weighted by molar-refractivity contribution is 4.91. The van der Waals surface area contributed by atoms with Crippen molar-refractivity contribution in [2.24, 2.45) is 5.73 Å². The molecular weight excluding hydrogens is 186 g/mol. The van der Waals surface area contributed by atoms with E-state index in [-0.39, 0.29) is 0 Å². The van der Waals surface area contributed by atoms with Crippen molar-refractivity contribution >= 4 is 0 Å². The predicted molar refractivity (Wildman–Crippen MR) is 63.9 cm³/mol. The Bertz CT molecular complexity index is 189. The van der Waals surface area contributed by atoms with Crippen LogP contribution in [0, 0.1) is 0 Å². The summed E-state index contributed by atoms with van der Waals surface area (Å²) in [6, 6.07) is 1.67. The molecule has 0 aliphatic carbocycles. The number of nitrogens with two attached hydrogens (primary N) is 1. The highest BCUT2D eigenvalue weighted by Gasteiger charge is 2.34. The third-order valence-electron chi connectivity index (χ3n) is 3.94. The maximum Gasteiger partial charge on any atom is 0.0353 e. The topological polar surface area (TPSA) is 32.5 Å². The molecule has 0 aromatic rings. The fourth-order valence-corrected chi connectivity index (χ4v) is 2.91. The van der Waals surface area contributed by atoms with Crippen molar-refractivity contribution in [2.45, 2.75) is 44.7 Å². The van der Waals surface area contributed by atoms with Gasteiger partial charge in [0, 0.05) is 25.2 Å². The molecule has 2 saturated heterocycles. The minimum absolute atomic E-state index is 0.820. The smallest absolute Gasteiger partial charge is 0.0353 e. The molecule has 1 atom stereocenters. The summed E-state index contributed by atoms with van der Waals surface area (Å²) in [5.41, 5.74) is 5.52. The van der Waals surface area contributed by atoms with Crippen molar-refractivity contribution in [3.8, 4) is 0 Å².